The van der Waals surface area contributed by atoms with Crippen LogP contribution < -0.4 is 9.47 Å². The number of hydrogen-bond donors (Lipinski definition) is 0. The largest absolute Gasteiger partial charge is 0.454 e. The molecule has 2 aliphatic heterocycles. The van der Waals surface area contributed by atoms with Gasteiger partial charge in [0.05, 0.1) is 0 Å². The number of fused-ring (bicyclic) bond motifs is 1. The van der Waals surface area contributed by atoms with Crippen molar-refractivity contribution in [2.45, 2.75) is 25.8 Å². The number of rotatable bonds is 5. The van der Waals surface area contributed by atoms with Gasteiger partial charge in [0.1, 0.15) is 0 Å². The van der Waals surface area contributed by atoms with Gasteiger partial charge in [-0.2, -0.15) is 0 Å². The highest BCUT2D eigenvalue weighted by molar-refractivity contribution is 5.44. The second kappa shape index (κ2) is 6.46. The summed E-state index contributed by atoms with van der Waals surface area (Å²) in [7, 11) is 2.19. The van der Waals surface area contributed by atoms with Gasteiger partial charge in [-0.3, -0.25) is 0 Å². The third kappa shape index (κ3) is 3.44. The maximum absolute atomic E-state index is 5.43. The SMILES string of the molecule is CN(CCN1CCCCC1)Cc1ccc2c(c1)OCO2. The molecule has 1 aromatic carbocycles. The Bertz CT molecular complexity index is 444. The Kier molecular flexibility index (Phi) is 4.43. The Morgan fingerprint density at radius 3 is 2.75 bits per heavy atom. The Morgan fingerprint density at radius 2 is 1.90 bits per heavy atom. The highest BCUT2D eigenvalue weighted by Gasteiger charge is 2.14. The Morgan fingerprint density at radius 1 is 1.10 bits per heavy atom. The minimum atomic E-state index is 0.351. The fourth-order valence-electron chi connectivity index (χ4n) is 2.93. The van der Waals surface area contributed by atoms with Crippen LogP contribution in [-0.2, 0) is 6.54 Å². The first-order valence-electron chi connectivity index (χ1n) is 7.61. The summed E-state index contributed by atoms with van der Waals surface area (Å²) in [5.41, 5.74) is 1.29. The summed E-state index contributed by atoms with van der Waals surface area (Å²) in [6.07, 6.45) is 4.14. The van der Waals surface area contributed by atoms with Gasteiger partial charge in [0.25, 0.3) is 0 Å². The van der Waals surface area contributed by atoms with Crippen LogP contribution in [0.3, 0.4) is 0 Å². The van der Waals surface area contributed by atoms with Crippen molar-refractivity contribution in [3.8, 4) is 11.5 Å². The Labute approximate surface area is 121 Å². The predicted octanol–water partition coefficient (Wildman–Crippen LogP) is 2.33. The highest BCUT2D eigenvalue weighted by Crippen LogP contribution is 2.32. The highest BCUT2D eigenvalue weighted by atomic mass is 16.7. The van der Waals surface area contributed by atoms with Crippen molar-refractivity contribution in [3.63, 3.8) is 0 Å². The van der Waals surface area contributed by atoms with E-state index in [1.54, 1.807) is 0 Å². The van der Waals surface area contributed by atoms with Gasteiger partial charge in [0.2, 0.25) is 6.79 Å². The predicted molar refractivity (Wildman–Crippen MR) is 79.2 cm³/mol. The van der Waals surface area contributed by atoms with E-state index in [4.69, 9.17) is 9.47 Å². The van der Waals surface area contributed by atoms with E-state index in [0.29, 0.717) is 6.79 Å². The summed E-state index contributed by atoms with van der Waals surface area (Å²) in [5, 5.41) is 0. The number of likely N-dealkylation sites (N-methyl/N-ethyl adjacent to an activating group) is 1. The molecule has 2 aliphatic rings. The average molecular weight is 276 g/mol. The fourth-order valence-corrected chi connectivity index (χ4v) is 2.93. The van der Waals surface area contributed by atoms with Crippen molar-refractivity contribution >= 4 is 0 Å². The molecule has 0 aliphatic carbocycles. The summed E-state index contributed by atoms with van der Waals surface area (Å²) < 4.78 is 10.8. The van der Waals surface area contributed by atoms with Crippen molar-refractivity contribution in [1.82, 2.24) is 9.80 Å². The molecule has 1 aromatic rings. The molecule has 3 rings (SSSR count). The molecule has 1 saturated heterocycles. The summed E-state index contributed by atoms with van der Waals surface area (Å²) >= 11 is 0. The average Bonchev–Trinajstić information content (AvgIpc) is 2.94. The van der Waals surface area contributed by atoms with E-state index in [2.05, 4.69) is 29.0 Å². The van der Waals surface area contributed by atoms with E-state index < -0.39 is 0 Å². The minimum Gasteiger partial charge on any atom is -0.454 e. The summed E-state index contributed by atoms with van der Waals surface area (Å²) in [4.78, 5) is 4.96. The molecule has 4 nitrogen and oxygen atoms in total. The zero-order valence-electron chi connectivity index (χ0n) is 12.3. The molecule has 0 aromatic heterocycles. The number of benzene rings is 1. The first-order valence-corrected chi connectivity index (χ1v) is 7.61. The zero-order chi connectivity index (χ0) is 13.8. The molecule has 20 heavy (non-hydrogen) atoms. The Hall–Kier alpha value is -1.26. The maximum atomic E-state index is 5.43. The van der Waals surface area contributed by atoms with Crippen LogP contribution in [0.25, 0.3) is 0 Å². The van der Waals surface area contributed by atoms with E-state index >= 15 is 0 Å². The lowest BCUT2D eigenvalue weighted by Crippen LogP contribution is -2.36. The molecule has 4 heteroatoms. The minimum absolute atomic E-state index is 0.351. The van der Waals surface area contributed by atoms with Gasteiger partial charge in [-0.25, -0.2) is 0 Å². The lowest BCUT2D eigenvalue weighted by atomic mass is 10.1. The second-order valence-electron chi connectivity index (χ2n) is 5.83. The third-order valence-corrected chi connectivity index (χ3v) is 4.14. The lowest BCUT2D eigenvalue weighted by Gasteiger charge is -2.28. The van der Waals surface area contributed by atoms with Crippen LogP contribution in [0.2, 0.25) is 0 Å². The molecule has 0 spiro atoms. The van der Waals surface area contributed by atoms with Crippen LogP contribution >= 0.6 is 0 Å². The van der Waals surface area contributed by atoms with Crippen molar-refractivity contribution in [2.75, 3.05) is 40.0 Å². The molecule has 0 unspecified atom stereocenters. The first-order chi connectivity index (χ1) is 9.81. The standard InChI is InChI=1S/C16H24N2O2/c1-17(9-10-18-7-3-2-4-8-18)12-14-5-6-15-16(11-14)20-13-19-15/h5-6,11H,2-4,7-10,12-13H2,1H3. The monoisotopic (exact) mass is 276 g/mol. The van der Waals surface area contributed by atoms with Crippen LogP contribution in [0.5, 0.6) is 11.5 Å². The fraction of sp³-hybridized carbons (Fsp3) is 0.625. The van der Waals surface area contributed by atoms with Gasteiger partial charge in [-0.15, -0.1) is 0 Å². The second-order valence-corrected chi connectivity index (χ2v) is 5.83. The van der Waals surface area contributed by atoms with Crippen LogP contribution in [0.15, 0.2) is 18.2 Å². The molecule has 2 heterocycles. The molecule has 1 fully saturated rings. The smallest absolute Gasteiger partial charge is 0.231 e. The van der Waals surface area contributed by atoms with E-state index in [-0.39, 0.29) is 0 Å². The van der Waals surface area contributed by atoms with Crippen LogP contribution in [0.1, 0.15) is 24.8 Å². The maximum Gasteiger partial charge on any atom is 0.231 e. The van der Waals surface area contributed by atoms with Crippen LogP contribution in [0, 0.1) is 0 Å². The van der Waals surface area contributed by atoms with Crippen molar-refractivity contribution in [2.24, 2.45) is 0 Å². The quantitative estimate of drug-likeness (QED) is 0.824. The number of piperidine rings is 1. The lowest BCUT2D eigenvalue weighted by molar-refractivity contribution is 0.174. The van der Waals surface area contributed by atoms with Crippen molar-refractivity contribution in [3.05, 3.63) is 23.8 Å². The molecule has 0 bridgehead atoms. The van der Waals surface area contributed by atoms with Gasteiger partial charge in [0.15, 0.2) is 11.5 Å². The molecule has 0 radical (unpaired) electrons. The third-order valence-electron chi connectivity index (χ3n) is 4.14. The normalized spacial score (nSPS) is 18.7. The van der Waals surface area contributed by atoms with Crippen molar-refractivity contribution in [1.29, 1.82) is 0 Å². The molecule has 0 atom stereocenters. The van der Waals surface area contributed by atoms with Gasteiger partial charge in [-0.05, 0) is 50.7 Å². The number of ether oxygens (including phenoxy) is 2. The topological polar surface area (TPSA) is 24.9 Å². The molecule has 0 amide bonds. The van der Waals surface area contributed by atoms with Crippen LogP contribution in [-0.4, -0.2) is 49.8 Å². The molecular weight excluding hydrogens is 252 g/mol. The molecular formula is C16H24N2O2. The first kappa shape index (κ1) is 13.7. The summed E-state index contributed by atoms with van der Waals surface area (Å²) in [5.74, 6) is 1.75. The van der Waals surface area contributed by atoms with Crippen molar-refractivity contribution < 1.29 is 9.47 Å². The van der Waals surface area contributed by atoms with E-state index in [0.717, 1.165) is 24.6 Å². The van der Waals surface area contributed by atoms with E-state index in [9.17, 15) is 0 Å². The Balaban J connectivity index is 1.47. The van der Waals surface area contributed by atoms with Gasteiger partial charge in [0, 0.05) is 19.6 Å². The number of likely N-dealkylation sites (tertiary alicyclic amines) is 1. The molecule has 110 valence electrons. The van der Waals surface area contributed by atoms with E-state index in [1.165, 1.54) is 44.5 Å². The molecule has 0 N–H and O–H groups in total. The zero-order valence-corrected chi connectivity index (χ0v) is 12.3. The number of hydrogen-bond acceptors (Lipinski definition) is 4. The van der Waals surface area contributed by atoms with E-state index in [1.807, 2.05) is 6.07 Å². The number of nitrogens with zero attached hydrogens (tertiary/aromatic N) is 2. The van der Waals surface area contributed by atoms with Crippen LogP contribution in [0.4, 0.5) is 0 Å². The van der Waals surface area contributed by atoms with Gasteiger partial charge >= 0.3 is 0 Å². The molecule has 0 saturated carbocycles. The van der Waals surface area contributed by atoms with Gasteiger partial charge in [-0.1, -0.05) is 12.5 Å². The van der Waals surface area contributed by atoms with Gasteiger partial charge < -0.3 is 19.3 Å². The summed E-state index contributed by atoms with van der Waals surface area (Å²) in [6.45, 7) is 6.17. The summed E-state index contributed by atoms with van der Waals surface area (Å²) in [6, 6.07) is 6.24.